The molecule has 0 saturated heterocycles. The van der Waals surface area contributed by atoms with Crippen molar-refractivity contribution in [1.29, 1.82) is 0 Å². The number of amides is 1. The molecule has 0 heterocycles. The Morgan fingerprint density at radius 1 is 1.00 bits per heavy atom. The van der Waals surface area contributed by atoms with E-state index in [0.29, 0.717) is 16.7 Å². The number of hydrogen-bond donors (Lipinski definition) is 1. The Bertz CT molecular complexity index is 848. The van der Waals surface area contributed by atoms with Crippen molar-refractivity contribution in [2.75, 3.05) is 7.11 Å². The number of benzene rings is 2. The van der Waals surface area contributed by atoms with Gasteiger partial charge in [-0.05, 0) is 86.2 Å². The van der Waals surface area contributed by atoms with Crippen molar-refractivity contribution < 1.29 is 14.3 Å². The summed E-state index contributed by atoms with van der Waals surface area (Å²) in [5.74, 6) is 1.67. The summed E-state index contributed by atoms with van der Waals surface area (Å²) in [6.45, 7) is 11.9. The molecule has 2 rings (SSSR count). The van der Waals surface area contributed by atoms with Gasteiger partial charge in [-0.3, -0.25) is 4.79 Å². The summed E-state index contributed by atoms with van der Waals surface area (Å²) in [6, 6.07) is 9.38. The first kappa shape index (κ1) is 22.1. The average Bonchev–Trinajstić information content (AvgIpc) is 2.63. The molecule has 0 spiro atoms. The van der Waals surface area contributed by atoms with Crippen LogP contribution >= 0.6 is 11.6 Å². The lowest BCUT2D eigenvalue weighted by atomic mass is 9.93. The van der Waals surface area contributed by atoms with E-state index in [0.717, 1.165) is 28.0 Å². The fraction of sp³-hybridized carbons (Fsp3) is 0.435. The lowest BCUT2D eigenvalue weighted by Gasteiger charge is -2.23. The zero-order valence-electron chi connectivity index (χ0n) is 17.7. The van der Waals surface area contributed by atoms with Crippen LogP contribution in [0.3, 0.4) is 0 Å². The number of halogens is 1. The largest absolute Gasteiger partial charge is 0.496 e. The Labute approximate surface area is 173 Å². The van der Waals surface area contributed by atoms with E-state index < -0.39 is 6.10 Å². The fourth-order valence-corrected chi connectivity index (χ4v) is 3.28. The molecule has 4 nitrogen and oxygen atoms in total. The molecule has 2 aromatic rings. The molecule has 28 heavy (non-hydrogen) atoms. The second kappa shape index (κ2) is 9.33. The van der Waals surface area contributed by atoms with Crippen molar-refractivity contribution in [2.24, 2.45) is 0 Å². The maximum absolute atomic E-state index is 12.6. The van der Waals surface area contributed by atoms with Crippen LogP contribution in [-0.2, 0) is 4.79 Å². The van der Waals surface area contributed by atoms with Gasteiger partial charge in [0.15, 0.2) is 6.10 Å². The summed E-state index contributed by atoms with van der Waals surface area (Å²) in [5.41, 5.74) is 4.20. The zero-order chi connectivity index (χ0) is 21.0. The van der Waals surface area contributed by atoms with Crippen LogP contribution in [0.4, 0.5) is 0 Å². The molecule has 1 amide bonds. The van der Waals surface area contributed by atoms with Gasteiger partial charge in [-0.2, -0.15) is 0 Å². The molecule has 0 aliphatic heterocycles. The van der Waals surface area contributed by atoms with Crippen LogP contribution in [0.5, 0.6) is 11.5 Å². The lowest BCUT2D eigenvalue weighted by molar-refractivity contribution is -0.127. The van der Waals surface area contributed by atoms with E-state index in [1.165, 1.54) is 0 Å². The van der Waals surface area contributed by atoms with E-state index in [4.69, 9.17) is 21.1 Å². The van der Waals surface area contributed by atoms with Gasteiger partial charge in [-0.15, -0.1) is 0 Å². The first-order valence-electron chi connectivity index (χ1n) is 9.55. The summed E-state index contributed by atoms with van der Waals surface area (Å²) < 4.78 is 11.3. The van der Waals surface area contributed by atoms with Gasteiger partial charge >= 0.3 is 0 Å². The van der Waals surface area contributed by atoms with E-state index in [2.05, 4.69) is 25.2 Å². The number of ether oxygens (including phenoxy) is 2. The van der Waals surface area contributed by atoms with Crippen molar-refractivity contribution in [3.8, 4) is 11.5 Å². The molecule has 0 saturated carbocycles. The summed E-state index contributed by atoms with van der Waals surface area (Å²) in [4.78, 5) is 12.6. The van der Waals surface area contributed by atoms with Crippen LogP contribution in [0.25, 0.3) is 0 Å². The third kappa shape index (κ3) is 5.20. The van der Waals surface area contributed by atoms with Gasteiger partial charge in [0, 0.05) is 5.02 Å². The summed E-state index contributed by atoms with van der Waals surface area (Å²) in [7, 11) is 1.68. The summed E-state index contributed by atoms with van der Waals surface area (Å²) >= 11 is 6.04. The summed E-state index contributed by atoms with van der Waals surface area (Å²) in [5, 5.41) is 3.73. The molecule has 5 heteroatoms. The van der Waals surface area contributed by atoms with Crippen LogP contribution in [-0.4, -0.2) is 19.1 Å². The standard InChI is InChI=1S/C23H30ClNO3/c1-13(2)19-12-20(14(3)11-22(19)27-7)16(5)25-23(26)17(6)28-18-8-9-21(24)15(4)10-18/h8-13,16-17H,1-7H3,(H,25,26)/t16-,17+/m1/s1. The van der Waals surface area contributed by atoms with Gasteiger partial charge < -0.3 is 14.8 Å². The van der Waals surface area contributed by atoms with E-state index in [-0.39, 0.29) is 11.9 Å². The van der Waals surface area contributed by atoms with Crippen molar-refractivity contribution >= 4 is 17.5 Å². The highest BCUT2D eigenvalue weighted by atomic mass is 35.5. The molecular weight excluding hydrogens is 374 g/mol. The molecule has 0 radical (unpaired) electrons. The minimum Gasteiger partial charge on any atom is -0.496 e. The maximum atomic E-state index is 12.6. The topological polar surface area (TPSA) is 47.6 Å². The van der Waals surface area contributed by atoms with Crippen molar-refractivity contribution in [1.82, 2.24) is 5.32 Å². The smallest absolute Gasteiger partial charge is 0.261 e. The maximum Gasteiger partial charge on any atom is 0.261 e. The van der Waals surface area contributed by atoms with Crippen LogP contribution in [0.1, 0.15) is 61.9 Å². The first-order chi connectivity index (χ1) is 13.1. The Kier molecular flexibility index (Phi) is 7.36. The number of hydrogen-bond acceptors (Lipinski definition) is 3. The van der Waals surface area contributed by atoms with Crippen LogP contribution < -0.4 is 14.8 Å². The third-order valence-corrected chi connectivity index (χ3v) is 5.30. The number of carbonyl (C=O) groups excluding carboxylic acids is 1. The van der Waals surface area contributed by atoms with Crippen molar-refractivity contribution in [3.05, 3.63) is 57.6 Å². The first-order valence-corrected chi connectivity index (χ1v) is 9.93. The minimum absolute atomic E-state index is 0.145. The quantitative estimate of drug-likeness (QED) is 0.641. The van der Waals surface area contributed by atoms with E-state index in [1.54, 1.807) is 26.2 Å². The molecule has 0 unspecified atom stereocenters. The molecule has 2 atom stereocenters. The number of nitrogens with one attached hydrogen (secondary N) is 1. The molecule has 0 aliphatic rings. The zero-order valence-corrected chi connectivity index (χ0v) is 18.5. The molecule has 0 aromatic heterocycles. The van der Waals surface area contributed by atoms with Gasteiger partial charge in [0.2, 0.25) is 0 Å². The lowest BCUT2D eigenvalue weighted by Crippen LogP contribution is -2.38. The molecule has 0 bridgehead atoms. The molecule has 2 aromatic carbocycles. The Hall–Kier alpha value is -2.20. The van der Waals surface area contributed by atoms with E-state index in [1.807, 2.05) is 32.9 Å². The Morgan fingerprint density at radius 2 is 1.68 bits per heavy atom. The van der Waals surface area contributed by atoms with E-state index >= 15 is 0 Å². The molecule has 0 fully saturated rings. The number of methoxy groups -OCH3 is 1. The highest BCUT2D eigenvalue weighted by molar-refractivity contribution is 6.31. The van der Waals surface area contributed by atoms with Crippen LogP contribution in [0, 0.1) is 13.8 Å². The number of rotatable bonds is 7. The molecule has 0 aliphatic carbocycles. The van der Waals surface area contributed by atoms with Gasteiger partial charge in [-0.25, -0.2) is 0 Å². The van der Waals surface area contributed by atoms with Gasteiger partial charge in [0.25, 0.3) is 5.91 Å². The highest BCUT2D eigenvalue weighted by Crippen LogP contribution is 2.32. The number of carbonyl (C=O) groups is 1. The number of aryl methyl sites for hydroxylation is 2. The predicted molar refractivity (Wildman–Crippen MR) is 115 cm³/mol. The van der Waals surface area contributed by atoms with Crippen molar-refractivity contribution in [3.63, 3.8) is 0 Å². The fourth-order valence-electron chi connectivity index (χ4n) is 3.17. The average molecular weight is 404 g/mol. The Morgan fingerprint density at radius 3 is 2.25 bits per heavy atom. The Balaban J connectivity index is 2.12. The minimum atomic E-state index is -0.619. The van der Waals surface area contributed by atoms with E-state index in [9.17, 15) is 4.79 Å². The monoisotopic (exact) mass is 403 g/mol. The molecule has 1 N–H and O–H groups in total. The molecular formula is C23H30ClNO3. The van der Waals surface area contributed by atoms with Gasteiger partial charge in [0.1, 0.15) is 11.5 Å². The van der Waals surface area contributed by atoms with Gasteiger partial charge in [-0.1, -0.05) is 25.4 Å². The molecule has 152 valence electrons. The SMILES string of the molecule is COc1cc(C)c([C@@H](C)NC(=O)[C@H](C)Oc2ccc(Cl)c(C)c2)cc1C(C)C. The third-order valence-electron chi connectivity index (χ3n) is 4.88. The van der Waals surface area contributed by atoms with Crippen LogP contribution in [0.15, 0.2) is 30.3 Å². The highest BCUT2D eigenvalue weighted by Gasteiger charge is 2.20. The second-order valence-electron chi connectivity index (χ2n) is 7.51. The van der Waals surface area contributed by atoms with Crippen molar-refractivity contribution in [2.45, 2.75) is 59.6 Å². The normalized spacial score (nSPS) is 13.2. The van der Waals surface area contributed by atoms with Crippen LogP contribution in [0.2, 0.25) is 5.02 Å². The van der Waals surface area contributed by atoms with Gasteiger partial charge in [0.05, 0.1) is 13.2 Å². The second-order valence-corrected chi connectivity index (χ2v) is 7.91. The predicted octanol–water partition coefficient (Wildman–Crippen LogP) is 5.73. The summed E-state index contributed by atoms with van der Waals surface area (Å²) in [6.07, 6.45) is -0.619.